The van der Waals surface area contributed by atoms with Gasteiger partial charge in [-0.15, -0.1) is 0 Å². The molecular formula is C20H26N4OS. The Morgan fingerprint density at radius 1 is 1.23 bits per heavy atom. The molecule has 4 rings (SSSR count). The van der Waals surface area contributed by atoms with Crippen molar-refractivity contribution in [2.45, 2.75) is 62.9 Å². The molecule has 0 bridgehead atoms. The Labute approximate surface area is 159 Å². The van der Waals surface area contributed by atoms with E-state index < -0.39 is 0 Å². The third-order valence-corrected chi connectivity index (χ3v) is 5.81. The molecule has 1 saturated carbocycles. The van der Waals surface area contributed by atoms with Crippen molar-refractivity contribution < 1.29 is 4.74 Å². The Kier molecular flexibility index (Phi) is 5.70. The van der Waals surface area contributed by atoms with Gasteiger partial charge in [0.15, 0.2) is 5.16 Å². The Morgan fingerprint density at radius 3 is 2.96 bits per heavy atom. The van der Waals surface area contributed by atoms with E-state index in [2.05, 4.69) is 25.9 Å². The van der Waals surface area contributed by atoms with Gasteiger partial charge in [-0.25, -0.2) is 15.0 Å². The summed E-state index contributed by atoms with van der Waals surface area (Å²) in [6.45, 7) is 2.76. The van der Waals surface area contributed by atoms with Gasteiger partial charge in [0, 0.05) is 49.6 Å². The van der Waals surface area contributed by atoms with E-state index in [0.29, 0.717) is 6.10 Å². The number of thioether (sulfide) groups is 1. The zero-order chi connectivity index (χ0) is 17.8. The molecule has 26 heavy (non-hydrogen) atoms. The van der Waals surface area contributed by atoms with Crippen LogP contribution in [0.1, 0.15) is 48.9 Å². The van der Waals surface area contributed by atoms with Crippen molar-refractivity contribution in [3.63, 3.8) is 0 Å². The van der Waals surface area contributed by atoms with Crippen molar-refractivity contribution in [3.05, 3.63) is 41.3 Å². The van der Waals surface area contributed by atoms with Gasteiger partial charge in [0.2, 0.25) is 5.88 Å². The average Bonchev–Trinajstić information content (AvgIpc) is 2.70. The first kappa shape index (κ1) is 17.7. The quantitative estimate of drug-likeness (QED) is 0.588. The van der Waals surface area contributed by atoms with Crippen LogP contribution in [0.4, 0.5) is 0 Å². The lowest BCUT2D eigenvalue weighted by atomic mass is 9.98. The molecule has 0 unspecified atom stereocenters. The fraction of sp³-hybridized carbons (Fsp3) is 0.550. The number of nitrogens with zero attached hydrogens (tertiary/aromatic N) is 4. The molecule has 2 aromatic heterocycles. The second-order valence-electron chi connectivity index (χ2n) is 7.13. The first-order valence-electron chi connectivity index (χ1n) is 9.53. The predicted octanol–water partition coefficient (Wildman–Crippen LogP) is 3.86. The maximum absolute atomic E-state index is 6.26. The fourth-order valence-electron chi connectivity index (χ4n) is 3.82. The molecule has 0 atom stereocenters. The summed E-state index contributed by atoms with van der Waals surface area (Å²) in [5.74, 6) is 0.819. The highest BCUT2D eigenvalue weighted by atomic mass is 32.2. The number of hydrogen-bond donors (Lipinski definition) is 0. The lowest BCUT2D eigenvalue weighted by Gasteiger charge is -2.29. The summed E-state index contributed by atoms with van der Waals surface area (Å²) in [5, 5.41) is 0.868. The Balaban J connectivity index is 1.44. The predicted molar refractivity (Wildman–Crippen MR) is 103 cm³/mol. The van der Waals surface area contributed by atoms with Crippen LogP contribution < -0.4 is 4.74 Å². The van der Waals surface area contributed by atoms with E-state index in [0.717, 1.165) is 49.9 Å². The van der Waals surface area contributed by atoms with Gasteiger partial charge in [0.1, 0.15) is 6.10 Å². The van der Waals surface area contributed by atoms with E-state index in [9.17, 15) is 0 Å². The average molecular weight is 371 g/mol. The number of hydrogen-bond acceptors (Lipinski definition) is 6. The summed E-state index contributed by atoms with van der Waals surface area (Å²) < 4.78 is 6.26. The van der Waals surface area contributed by atoms with E-state index in [1.165, 1.54) is 36.1 Å². The number of aromatic nitrogens is 3. The number of ether oxygens (including phenoxy) is 1. The molecule has 1 aliphatic carbocycles. The van der Waals surface area contributed by atoms with E-state index in [4.69, 9.17) is 4.74 Å². The second kappa shape index (κ2) is 8.35. The van der Waals surface area contributed by atoms with Gasteiger partial charge >= 0.3 is 0 Å². The normalized spacial score (nSPS) is 18.5. The summed E-state index contributed by atoms with van der Waals surface area (Å²) >= 11 is 1.60. The van der Waals surface area contributed by atoms with Crippen LogP contribution in [-0.4, -0.2) is 38.8 Å². The van der Waals surface area contributed by atoms with Crippen LogP contribution in [0.3, 0.4) is 0 Å². The zero-order valence-electron chi connectivity index (χ0n) is 15.4. The van der Waals surface area contributed by atoms with Crippen molar-refractivity contribution in [1.82, 2.24) is 19.9 Å². The van der Waals surface area contributed by atoms with Crippen LogP contribution in [0.25, 0.3) is 0 Å². The summed E-state index contributed by atoms with van der Waals surface area (Å²) in [5.41, 5.74) is 3.63. The molecule has 2 aliphatic rings. The minimum absolute atomic E-state index is 0.331. The molecule has 5 nitrogen and oxygen atoms in total. The van der Waals surface area contributed by atoms with Crippen LogP contribution in [0.15, 0.2) is 29.7 Å². The summed E-state index contributed by atoms with van der Waals surface area (Å²) in [4.78, 5) is 16.1. The van der Waals surface area contributed by atoms with Crippen molar-refractivity contribution in [2.24, 2.45) is 0 Å². The van der Waals surface area contributed by atoms with Crippen molar-refractivity contribution >= 4 is 11.8 Å². The second-order valence-corrected chi connectivity index (χ2v) is 7.91. The lowest BCUT2D eigenvalue weighted by Crippen LogP contribution is -2.31. The largest absolute Gasteiger partial charge is 0.474 e. The first-order chi connectivity index (χ1) is 12.8. The van der Waals surface area contributed by atoms with E-state index >= 15 is 0 Å². The molecule has 1 aliphatic heterocycles. The van der Waals surface area contributed by atoms with E-state index in [1.807, 2.05) is 24.7 Å². The molecule has 2 aromatic rings. The van der Waals surface area contributed by atoms with Crippen LogP contribution in [-0.2, 0) is 19.5 Å². The smallest absolute Gasteiger partial charge is 0.218 e. The first-order valence-corrected chi connectivity index (χ1v) is 10.8. The zero-order valence-corrected chi connectivity index (χ0v) is 16.2. The third kappa shape index (κ3) is 4.18. The third-order valence-electron chi connectivity index (χ3n) is 5.25. The van der Waals surface area contributed by atoms with Gasteiger partial charge in [-0.1, -0.05) is 24.2 Å². The van der Waals surface area contributed by atoms with Gasteiger partial charge in [-0.2, -0.15) is 0 Å². The van der Waals surface area contributed by atoms with Gasteiger partial charge in [0.05, 0.1) is 5.69 Å². The van der Waals surface area contributed by atoms with Crippen LogP contribution in [0.2, 0.25) is 0 Å². The minimum Gasteiger partial charge on any atom is -0.474 e. The van der Waals surface area contributed by atoms with Crippen molar-refractivity contribution in [2.75, 3.05) is 12.8 Å². The van der Waals surface area contributed by atoms with Crippen molar-refractivity contribution in [1.29, 1.82) is 0 Å². The van der Waals surface area contributed by atoms with E-state index in [1.54, 1.807) is 11.8 Å². The molecule has 0 saturated heterocycles. The molecule has 0 aromatic carbocycles. The van der Waals surface area contributed by atoms with Gasteiger partial charge in [-0.05, 0) is 38.0 Å². The molecule has 1 fully saturated rings. The van der Waals surface area contributed by atoms with Crippen LogP contribution in [0, 0.1) is 0 Å². The number of pyridine rings is 1. The Bertz CT molecular complexity index is 748. The molecular weight excluding hydrogens is 344 g/mol. The SMILES string of the molecule is CSc1ncc2c(n1)CCN(Cc1cccnc1OC1CCCCC1)C2. The standard InChI is InChI=1S/C20H26N4OS/c1-26-20-22-12-16-14-24(11-9-18(16)23-20)13-15-6-5-10-21-19(15)25-17-7-3-2-4-8-17/h5-6,10,12,17H,2-4,7-9,11,13-14H2,1H3. The minimum atomic E-state index is 0.331. The Hall–Kier alpha value is -1.66. The molecule has 138 valence electrons. The van der Waals surface area contributed by atoms with E-state index in [-0.39, 0.29) is 0 Å². The molecule has 0 N–H and O–H groups in total. The lowest BCUT2D eigenvalue weighted by molar-refractivity contribution is 0.143. The van der Waals surface area contributed by atoms with Gasteiger partial charge < -0.3 is 4.74 Å². The molecule has 6 heteroatoms. The monoisotopic (exact) mass is 370 g/mol. The van der Waals surface area contributed by atoms with Crippen molar-refractivity contribution in [3.8, 4) is 5.88 Å². The van der Waals surface area contributed by atoms with Crippen LogP contribution >= 0.6 is 11.8 Å². The highest BCUT2D eigenvalue weighted by molar-refractivity contribution is 7.98. The molecule has 0 amide bonds. The summed E-state index contributed by atoms with van der Waals surface area (Å²) in [6.07, 6.45) is 13.3. The number of rotatable bonds is 5. The summed E-state index contributed by atoms with van der Waals surface area (Å²) in [6, 6.07) is 4.16. The summed E-state index contributed by atoms with van der Waals surface area (Å²) in [7, 11) is 0. The van der Waals surface area contributed by atoms with Gasteiger partial charge in [0.25, 0.3) is 0 Å². The van der Waals surface area contributed by atoms with Gasteiger partial charge in [-0.3, -0.25) is 4.90 Å². The molecule has 3 heterocycles. The fourth-order valence-corrected chi connectivity index (χ4v) is 4.18. The maximum atomic E-state index is 6.26. The highest BCUT2D eigenvalue weighted by Gasteiger charge is 2.21. The Morgan fingerprint density at radius 2 is 2.12 bits per heavy atom. The molecule has 0 radical (unpaired) electrons. The highest BCUT2D eigenvalue weighted by Crippen LogP contribution is 2.27. The maximum Gasteiger partial charge on any atom is 0.218 e. The molecule has 0 spiro atoms. The number of fused-ring (bicyclic) bond motifs is 1. The topological polar surface area (TPSA) is 51.1 Å². The van der Waals surface area contributed by atoms with Crippen LogP contribution in [0.5, 0.6) is 5.88 Å².